The fourth-order valence-corrected chi connectivity index (χ4v) is 2.91. The summed E-state index contributed by atoms with van der Waals surface area (Å²) in [5, 5.41) is 6.21. The Balaban J connectivity index is 0.00000208. The van der Waals surface area contributed by atoms with Crippen molar-refractivity contribution in [1.29, 1.82) is 0 Å². The van der Waals surface area contributed by atoms with E-state index < -0.39 is 0 Å². The Kier molecular flexibility index (Phi) is 6.04. The van der Waals surface area contributed by atoms with Crippen molar-refractivity contribution in [2.45, 2.75) is 39.3 Å². The average molecular weight is 340 g/mol. The molecule has 0 saturated heterocycles. The van der Waals surface area contributed by atoms with Crippen molar-refractivity contribution in [3.05, 3.63) is 83.4 Å². The van der Waals surface area contributed by atoms with Gasteiger partial charge in [0.25, 0.3) is 0 Å². The van der Waals surface area contributed by atoms with Gasteiger partial charge in [-0.25, -0.2) is 0 Å². The summed E-state index contributed by atoms with van der Waals surface area (Å²) < 4.78 is 0. The molecule has 3 rings (SSSR count). The minimum absolute atomic E-state index is 0. The first-order valence-corrected chi connectivity index (χ1v) is 8.31. The molecule has 2 heteroatoms. The predicted molar refractivity (Wildman–Crippen MR) is 107 cm³/mol. The number of rotatable bonds is 4. The van der Waals surface area contributed by atoms with Gasteiger partial charge in [0.15, 0.2) is 0 Å². The van der Waals surface area contributed by atoms with Crippen molar-refractivity contribution in [1.82, 2.24) is 5.32 Å². The standard InChI is InChI=1S/C22H25N.ClH/c1-22(2,3)20-13-11-17(12-14-20)15-23-16-19-9-6-8-18-7-4-5-10-21(18)19;/h4-14,23H,15-16H2,1-3H3;1H. The van der Waals surface area contributed by atoms with Gasteiger partial charge in [-0.1, -0.05) is 87.5 Å². The van der Waals surface area contributed by atoms with E-state index in [-0.39, 0.29) is 17.8 Å². The van der Waals surface area contributed by atoms with Gasteiger partial charge in [-0.15, -0.1) is 12.4 Å². The van der Waals surface area contributed by atoms with Crippen molar-refractivity contribution in [2.75, 3.05) is 0 Å². The predicted octanol–water partition coefficient (Wildman–Crippen LogP) is 5.85. The van der Waals surface area contributed by atoms with Gasteiger partial charge in [0.1, 0.15) is 0 Å². The lowest BCUT2D eigenvalue weighted by Gasteiger charge is -2.19. The average Bonchev–Trinajstić information content (AvgIpc) is 2.55. The third kappa shape index (κ3) is 4.37. The van der Waals surface area contributed by atoms with Gasteiger partial charge in [-0.2, -0.15) is 0 Å². The molecule has 0 aliphatic rings. The maximum Gasteiger partial charge on any atom is 0.0214 e. The minimum atomic E-state index is 0. The molecule has 1 N–H and O–H groups in total. The monoisotopic (exact) mass is 339 g/mol. The number of fused-ring (bicyclic) bond motifs is 1. The second-order valence-corrected chi connectivity index (χ2v) is 7.19. The van der Waals surface area contributed by atoms with Gasteiger partial charge in [0.05, 0.1) is 0 Å². The molecule has 0 saturated carbocycles. The van der Waals surface area contributed by atoms with Gasteiger partial charge < -0.3 is 5.32 Å². The Morgan fingerprint density at radius 3 is 2.12 bits per heavy atom. The van der Waals surface area contributed by atoms with Gasteiger partial charge >= 0.3 is 0 Å². The molecule has 3 aromatic carbocycles. The molecule has 0 unspecified atom stereocenters. The number of benzene rings is 3. The number of hydrogen-bond donors (Lipinski definition) is 1. The maximum absolute atomic E-state index is 3.57. The molecule has 0 spiro atoms. The smallest absolute Gasteiger partial charge is 0.0214 e. The lowest BCUT2D eigenvalue weighted by atomic mass is 9.87. The summed E-state index contributed by atoms with van der Waals surface area (Å²) in [6.07, 6.45) is 0. The van der Waals surface area contributed by atoms with Crippen LogP contribution in [-0.2, 0) is 18.5 Å². The van der Waals surface area contributed by atoms with Crippen molar-refractivity contribution in [2.24, 2.45) is 0 Å². The molecule has 0 heterocycles. The lowest BCUT2D eigenvalue weighted by Crippen LogP contribution is -2.14. The van der Waals surface area contributed by atoms with Crippen LogP contribution in [0.25, 0.3) is 10.8 Å². The van der Waals surface area contributed by atoms with Crippen LogP contribution in [0.2, 0.25) is 0 Å². The van der Waals surface area contributed by atoms with E-state index in [0.717, 1.165) is 13.1 Å². The molecule has 24 heavy (non-hydrogen) atoms. The Hall–Kier alpha value is -1.83. The van der Waals surface area contributed by atoms with E-state index >= 15 is 0 Å². The molecule has 0 aromatic heterocycles. The molecular weight excluding hydrogens is 314 g/mol. The van der Waals surface area contributed by atoms with Gasteiger partial charge in [-0.05, 0) is 32.9 Å². The quantitative estimate of drug-likeness (QED) is 0.628. The highest BCUT2D eigenvalue weighted by atomic mass is 35.5. The second kappa shape index (κ2) is 7.83. The van der Waals surface area contributed by atoms with Crippen molar-refractivity contribution < 1.29 is 0 Å². The second-order valence-electron chi connectivity index (χ2n) is 7.19. The Labute approximate surface area is 151 Å². The zero-order valence-corrected chi connectivity index (χ0v) is 15.5. The van der Waals surface area contributed by atoms with Crippen LogP contribution in [0.15, 0.2) is 66.7 Å². The van der Waals surface area contributed by atoms with Crippen LogP contribution in [0, 0.1) is 0 Å². The molecular formula is C22H26ClN. The molecule has 0 aliphatic carbocycles. The third-order valence-corrected chi connectivity index (χ3v) is 4.34. The summed E-state index contributed by atoms with van der Waals surface area (Å²) in [6.45, 7) is 8.54. The van der Waals surface area contributed by atoms with Crippen LogP contribution in [0.3, 0.4) is 0 Å². The molecule has 0 aliphatic heterocycles. The summed E-state index contributed by atoms with van der Waals surface area (Å²) >= 11 is 0. The molecule has 1 nitrogen and oxygen atoms in total. The van der Waals surface area contributed by atoms with Gasteiger partial charge in [0, 0.05) is 13.1 Å². The van der Waals surface area contributed by atoms with Crippen LogP contribution in [0.1, 0.15) is 37.5 Å². The van der Waals surface area contributed by atoms with Crippen LogP contribution in [0.5, 0.6) is 0 Å². The van der Waals surface area contributed by atoms with Crippen molar-refractivity contribution >= 4 is 23.2 Å². The SMILES string of the molecule is CC(C)(C)c1ccc(CNCc2cccc3ccccc23)cc1.Cl. The van der Waals surface area contributed by atoms with Crippen LogP contribution >= 0.6 is 12.4 Å². The Morgan fingerprint density at radius 1 is 0.750 bits per heavy atom. The fraction of sp³-hybridized carbons (Fsp3) is 0.273. The van der Waals surface area contributed by atoms with Crippen LogP contribution in [-0.4, -0.2) is 0 Å². The van der Waals surface area contributed by atoms with E-state index in [9.17, 15) is 0 Å². The maximum atomic E-state index is 3.57. The topological polar surface area (TPSA) is 12.0 Å². The normalized spacial score (nSPS) is 11.3. The minimum Gasteiger partial charge on any atom is -0.309 e. The third-order valence-electron chi connectivity index (χ3n) is 4.34. The van der Waals surface area contributed by atoms with Gasteiger partial charge in [0.2, 0.25) is 0 Å². The van der Waals surface area contributed by atoms with E-state index in [2.05, 4.69) is 92.8 Å². The molecule has 3 aromatic rings. The highest BCUT2D eigenvalue weighted by molar-refractivity contribution is 5.85. The van der Waals surface area contributed by atoms with E-state index in [1.165, 1.54) is 27.5 Å². The van der Waals surface area contributed by atoms with Gasteiger partial charge in [-0.3, -0.25) is 0 Å². The molecule has 0 bridgehead atoms. The molecule has 126 valence electrons. The first-order valence-electron chi connectivity index (χ1n) is 8.31. The van der Waals surface area contributed by atoms with E-state index in [0.29, 0.717) is 0 Å². The van der Waals surface area contributed by atoms with E-state index in [1.54, 1.807) is 0 Å². The highest BCUT2D eigenvalue weighted by Crippen LogP contribution is 2.22. The van der Waals surface area contributed by atoms with E-state index in [1.807, 2.05) is 0 Å². The molecule has 0 fully saturated rings. The highest BCUT2D eigenvalue weighted by Gasteiger charge is 2.12. The molecule has 0 radical (unpaired) electrons. The van der Waals surface area contributed by atoms with Crippen LogP contribution in [0.4, 0.5) is 0 Å². The fourth-order valence-electron chi connectivity index (χ4n) is 2.91. The Bertz CT molecular complexity index is 780. The summed E-state index contributed by atoms with van der Waals surface area (Å²) in [5.74, 6) is 0. The summed E-state index contributed by atoms with van der Waals surface area (Å²) in [6, 6.07) is 24.0. The first-order chi connectivity index (χ1) is 11.0. The van der Waals surface area contributed by atoms with Crippen molar-refractivity contribution in [3.8, 4) is 0 Å². The molecule has 0 amide bonds. The lowest BCUT2D eigenvalue weighted by molar-refractivity contribution is 0.589. The molecule has 0 atom stereocenters. The number of nitrogens with one attached hydrogen (secondary N) is 1. The zero-order valence-electron chi connectivity index (χ0n) is 14.7. The zero-order chi connectivity index (χ0) is 16.3. The summed E-state index contributed by atoms with van der Waals surface area (Å²) in [4.78, 5) is 0. The largest absolute Gasteiger partial charge is 0.309 e. The summed E-state index contributed by atoms with van der Waals surface area (Å²) in [5.41, 5.74) is 4.29. The van der Waals surface area contributed by atoms with E-state index in [4.69, 9.17) is 0 Å². The number of halogens is 1. The number of hydrogen-bond acceptors (Lipinski definition) is 1. The Morgan fingerprint density at radius 2 is 1.42 bits per heavy atom. The first kappa shape index (κ1) is 18.5. The summed E-state index contributed by atoms with van der Waals surface area (Å²) in [7, 11) is 0. The van der Waals surface area contributed by atoms with Crippen molar-refractivity contribution in [3.63, 3.8) is 0 Å². The van der Waals surface area contributed by atoms with Crippen LogP contribution < -0.4 is 5.32 Å².